The quantitative estimate of drug-likeness (QED) is 0.640. The van der Waals surface area contributed by atoms with E-state index < -0.39 is 0 Å². The fourth-order valence-electron chi connectivity index (χ4n) is 2.87. The van der Waals surface area contributed by atoms with Crippen LogP contribution in [0.2, 0.25) is 0 Å². The molecular formula is C19H20N2O4S. The molecule has 3 rings (SSSR count). The number of benzene rings is 2. The number of aromatic nitrogens is 1. The Labute approximate surface area is 156 Å². The Balaban J connectivity index is 1.75. The zero-order valence-electron chi connectivity index (χ0n) is 14.7. The Bertz CT molecular complexity index is 962. The topological polar surface area (TPSA) is 76.5 Å². The van der Waals surface area contributed by atoms with Gasteiger partial charge in [-0.25, -0.2) is 0 Å². The highest BCUT2D eigenvalue weighted by Crippen LogP contribution is 2.23. The smallest absolute Gasteiger partial charge is 0.266 e. The van der Waals surface area contributed by atoms with Gasteiger partial charge in [-0.1, -0.05) is 12.1 Å². The number of carbonyl (C=O) groups excluding carboxylic acids is 1. The van der Waals surface area contributed by atoms with Gasteiger partial charge in [0.15, 0.2) is 5.58 Å². The SMILES string of the molecule is COc1ccc(C(OC)C(C)NC(=O)c2ccc3[nH]c(=S)oc3c2)cc1. The average Bonchev–Trinajstić information content (AvgIpc) is 3.02. The van der Waals surface area contributed by atoms with Gasteiger partial charge >= 0.3 is 0 Å². The van der Waals surface area contributed by atoms with Gasteiger partial charge in [-0.2, -0.15) is 0 Å². The summed E-state index contributed by atoms with van der Waals surface area (Å²) in [6, 6.07) is 12.5. The predicted octanol–water partition coefficient (Wildman–Crippen LogP) is 4.00. The number of carbonyl (C=O) groups is 1. The summed E-state index contributed by atoms with van der Waals surface area (Å²) in [5.41, 5.74) is 2.75. The van der Waals surface area contributed by atoms with Gasteiger partial charge in [0.1, 0.15) is 11.9 Å². The first-order valence-electron chi connectivity index (χ1n) is 8.12. The lowest BCUT2D eigenvalue weighted by Gasteiger charge is -2.24. The molecule has 26 heavy (non-hydrogen) atoms. The van der Waals surface area contributed by atoms with Crippen LogP contribution in [0.4, 0.5) is 0 Å². The van der Waals surface area contributed by atoms with Gasteiger partial charge in [0.25, 0.3) is 10.7 Å². The molecule has 0 aliphatic carbocycles. The van der Waals surface area contributed by atoms with E-state index in [0.717, 1.165) is 16.8 Å². The van der Waals surface area contributed by atoms with Gasteiger partial charge < -0.3 is 24.2 Å². The fraction of sp³-hybridized carbons (Fsp3) is 0.263. The van der Waals surface area contributed by atoms with Crippen molar-refractivity contribution in [2.45, 2.75) is 19.1 Å². The van der Waals surface area contributed by atoms with Crippen molar-refractivity contribution in [3.05, 3.63) is 58.4 Å². The van der Waals surface area contributed by atoms with Crippen LogP contribution in [-0.2, 0) is 4.74 Å². The lowest BCUT2D eigenvalue weighted by atomic mass is 10.0. The first-order chi connectivity index (χ1) is 12.5. The Morgan fingerprint density at radius 3 is 2.58 bits per heavy atom. The molecule has 1 amide bonds. The first kappa shape index (κ1) is 18.2. The number of fused-ring (bicyclic) bond motifs is 1. The molecule has 0 aliphatic heterocycles. The van der Waals surface area contributed by atoms with Gasteiger partial charge in [0.2, 0.25) is 0 Å². The molecule has 0 saturated carbocycles. The van der Waals surface area contributed by atoms with Crippen molar-refractivity contribution in [3.63, 3.8) is 0 Å². The number of nitrogens with one attached hydrogen (secondary N) is 2. The summed E-state index contributed by atoms with van der Waals surface area (Å²) in [6.45, 7) is 1.90. The van der Waals surface area contributed by atoms with E-state index in [1.165, 1.54) is 0 Å². The second-order valence-corrected chi connectivity index (χ2v) is 6.29. The minimum absolute atomic E-state index is 0.211. The molecule has 2 aromatic carbocycles. The van der Waals surface area contributed by atoms with Crippen LogP contribution < -0.4 is 10.1 Å². The molecule has 2 unspecified atom stereocenters. The summed E-state index contributed by atoms with van der Waals surface area (Å²) in [4.78, 5) is 15.8. The normalized spacial score (nSPS) is 13.3. The van der Waals surface area contributed by atoms with Gasteiger partial charge in [0, 0.05) is 12.7 Å². The van der Waals surface area contributed by atoms with E-state index in [1.807, 2.05) is 31.2 Å². The zero-order valence-corrected chi connectivity index (χ0v) is 15.6. The second kappa shape index (κ2) is 7.72. The third-order valence-electron chi connectivity index (χ3n) is 4.19. The molecule has 0 radical (unpaired) electrons. The van der Waals surface area contributed by atoms with E-state index in [1.54, 1.807) is 32.4 Å². The number of H-pyrrole nitrogens is 1. The van der Waals surface area contributed by atoms with E-state index in [2.05, 4.69) is 10.3 Å². The van der Waals surface area contributed by atoms with Crippen LogP contribution in [0.25, 0.3) is 11.1 Å². The van der Waals surface area contributed by atoms with Crippen molar-refractivity contribution >= 4 is 29.2 Å². The molecule has 7 heteroatoms. The molecule has 1 aromatic heterocycles. The van der Waals surface area contributed by atoms with Crippen LogP contribution in [0, 0.1) is 4.84 Å². The van der Waals surface area contributed by atoms with E-state index >= 15 is 0 Å². The molecule has 2 N–H and O–H groups in total. The standard InChI is InChI=1S/C19H20N2O4S/c1-11(17(24-3)12-4-7-14(23-2)8-5-12)20-18(22)13-6-9-15-16(10-13)25-19(26)21-15/h4-11,17H,1-3H3,(H,20,22)(H,21,26). The molecule has 0 saturated heterocycles. The minimum atomic E-state index is -0.287. The first-order valence-corrected chi connectivity index (χ1v) is 8.53. The summed E-state index contributed by atoms with van der Waals surface area (Å²) in [6.07, 6.45) is -0.287. The lowest BCUT2D eigenvalue weighted by Crippen LogP contribution is -2.37. The highest BCUT2D eigenvalue weighted by atomic mass is 32.1. The monoisotopic (exact) mass is 372 g/mol. The number of ether oxygens (including phenoxy) is 2. The van der Waals surface area contributed by atoms with Crippen molar-refractivity contribution in [2.75, 3.05) is 14.2 Å². The van der Waals surface area contributed by atoms with Crippen molar-refractivity contribution in [3.8, 4) is 5.75 Å². The number of amides is 1. The number of methoxy groups -OCH3 is 2. The number of aromatic amines is 1. The van der Waals surface area contributed by atoms with E-state index in [0.29, 0.717) is 11.1 Å². The van der Waals surface area contributed by atoms with Gasteiger partial charge in [0.05, 0.1) is 18.7 Å². The molecule has 6 nitrogen and oxygen atoms in total. The predicted molar refractivity (Wildman–Crippen MR) is 101 cm³/mol. The fourth-order valence-corrected chi connectivity index (χ4v) is 3.07. The Morgan fingerprint density at radius 2 is 1.92 bits per heavy atom. The molecule has 3 aromatic rings. The Kier molecular flexibility index (Phi) is 5.39. The highest BCUT2D eigenvalue weighted by Gasteiger charge is 2.21. The minimum Gasteiger partial charge on any atom is -0.497 e. The lowest BCUT2D eigenvalue weighted by molar-refractivity contribution is 0.0644. The van der Waals surface area contributed by atoms with E-state index in [9.17, 15) is 4.79 Å². The maximum absolute atomic E-state index is 12.6. The molecule has 0 bridgehead atoms. The number of rotatable bonds is 6. The third kappa shape index (κ3) is 3.79. The van der Waals surface area contributed by atoms with Crippen LogP contribution in [0.15, 0.2) is 46.9 Å². The largest absolute Gasteiger partial charge is 0.497 e. The summed E-state index contributed by atoms with van der Waals surface area (Å²) < 4.78 is 16.1. The van der Waals surface area contributed by atoms with Gasteiger partial charge in [-0.3, -0.25) is 4.79 Å². The summed E-state index contributed by atoms with van der Waals surface area (Å²) in [5, 5.41) is 2.97. The molecule has 0 spiro atoms. The highest BCUT2D eigenvalue weighted by molar-refractivity contribution is 7.71. The van der Waals surface area contributed by atoms with Crippen LogP contribution in [0.1, 0.15) is 28.9 Å². The van der Waals surface area contributed by atoms with Crippen molar-refractivity contribution in [1.29, 1.82) is 0 Å². The van der Waals surface area contributed by atoms with Crippen LogP contribution >= 0.6 is 12.2 Å². The average molecular weight is 372 g/mol. The molecule has 1 heterocycles. The third-order valence-corrected chi connectivity index (χ3v) is 4.38. The van der Waals surface area contributed by atoms with Crippen LogP contribution in [0.5, 0.6) is 5.75 Å². The van der Waals surface area contributed by atoms with Crippen LogP contribution in [-0.4, -0.2) is 31.2 Å². The second-order valence-electron chi connectivity index (χ2n) is 5.92. The van der Waals surface area contributed by atoms with Gasteiger partial charge in [-0.05, 0) is 55.0 Å². The molecule has 0 fully saturated rings. The molecule has 2 atom stereocenters. The van der Waals surface area contributed by atoms with Crippen molar-refractivity contribution in [2.24, 2.45) is 0 Å². The van der Waals surface area contributed by atoms with Gasteiger partial charge in [-0.15, -0.1) is 0 Å². The maximum atomic E-state index is 12.6. The van der Waals surface area contributed by atoms with E-state index in [4.69, 9.17) is 26.1 Å². The zero-order chi connectivity index (χ0) is 18.7. The summed E-state index contributed by atoms with van der Waals surface area (Å²) in [7, 11) is 3.24. The number of oxazole rings is 1. The molecule has 136 valence electrons. The Morgan fingerprint density at radius 1 is 1.19 bits per heavy atom. The maximum Gasteiger partial charge on any atom is 0.266 e. The summed E-state index contributed by atoms with van der Waals surface area (Å²) in [5.74, 6) is 0.558. The Hall–Kier alpha value is -2.64. The van der Waals surface area contributed by atoms with Crippen molar-refractivity contribution in [1.82, 2.24) is 10.3 Å². The number of hydrogen-bond donors (Lipinski definition) is 2. The van der Waals surface area contributed by atoms with E-state index in [-0.39, 0.29) is 22.9 Å². The molecular weight excluding hydrogens is 352 g/mol. The molecule has 0 aliphatic rings. The van der Waals surface area contributed by atoms with Crippen molar-refractivity contribution < 1.29 is 18.7 Å². The summed E-state index contributed by atoms with van der Waals surface area (Å²) >= 11 is 4.97. The van der Waals surface area contributed by atoms with Crippen LogP contribution in [0.3, 0.4) is 0 Å². The number of hydrogen-bond acceptors (Lipinski definition) is 5.